The second-order valence-electron chi connectivity index (χ2n) is 3.49. The fourth-order valence-electron chi connectivity index (χ4n) is 1.20. The van der Waals surface area contributed by atoms with Crippen LogP contribution in [0.25, 0.3) is 0 Å². The van der Waals surface area contributed by atoms with Crippen LogP contribution in [0.3, 0.4) is 0 Å². The molecule has 1 heterocycles. The van der Waals surface area contributed by atoms with Gasteiger partial charge >= 0.3 is 5.97 Å². The molecule has 2 rings (SSSR count). The van der Waals surface area contributed by atoms with E-state index in [9.17, 15) is 9.59 Å². The fourth-order valence-corrected chi connectivity index (χ4v) is 1.20. The molecule has 0 aliphatic carbocycles. The highest BCUT2D eigenvalue weighted by atomic mass is 16.4. The van der Waals surface area contributed by atoms with E-state index in [0.717, 1.165) is 0 Å². The lowest BCUT2D eigenvalue weighted by atomic mass is 10.1. The van der Waals surface area contributed by atoms with E-state index in [1.807, 2.05) is 0 Å². The van der Waals surface area contributed by atoms with Gasteiger partial charge in [0.05, 0.1) is 6.26 Å². The van der Waals surface area contributed by atoms with Gasteiger partial charge in [-0.2, -0.15) is 0 Å². The molecule has 1 atom stereocenters. The van der Waals surface area contributed by atoms with Gasteiger partial charge in [0.15, 0.2) is 11.9 Å². The Morgan fingerprint density at radius 2 is 1.74 bits per heavy atom. The number of carbonyl (C=O) groups excluding carboxylic acids is 1. The molecule has 0 saturated carbocycles. The van der Waals surface area contributed by atoms with Crippen molar-refractivity contribution in [3.05, 3.63) is 60.1 Å². The summed E-state index contributed by atoms with van der Waals surface area (Å²) < 4.78 is 4.62. The van der Waals surface area contributed by atoms with Crippen molar-refractivity contribution in [1.82, 2.24) is 0 Å². The summed E-state index contributed by atoms with van der Waals surface area (Å²) in [5.74, 6) is -1.56. The zero-order valence-corrected chi connectivity index (χ0v) is 9.89. The van der Waals surface area contributed by atoms with Crippen molar-refractivity contribution in [1.29, 1.82) is 0 Å². The molecule has 19 heavy (non-hydrogen) atoms. The summed E-state index contributed by atoms with van der Waals surface area (Å²) in [7, 11) is 0. The van der Waals surface area contributed by atoms with Crippen molar-refractivity contribution >= 4 is 11.9 Å². The van der Waals surface area contributed by atoms with Gasteiger partial charge in [0, 0.05) is 0 Å². The van der Waals surface area contributed by atoms with E-state index in [0.29, 0.717) is 5.56 Å². The van der Waals surface area contributed by atoms with E-state index in [2.05, 4.69) is 4.42 Å². The average Bonchev–Trinajstić information content (AvgIpc) is 2.93. The number of hydrogen-bond acceptors (Lipinski definition) is 4. The number of carbonyl (C=O) groups is 2. The Morgan fingerprint density at radius 1 is 1.11 bits per heavy atom. The first-order chi connectivity index (χ1) is 9.02. The molecule has 2 aromatic rings. The Labute approximate surface area is 109 Å². The normalized spacial score (nSPS) is 11.0. The highest BCUT2D eigenvalue weighted by molar-refractivity contribution is 5.89. The number of aliphatic hydroxyl groups excluding tert-OH is 1. The molecular formula is C13H13NO5. The first kappa shape index (κ1) is 14.5. The van der Waals surface area contributed by atoms with Crippen molar-refractivity contribution in [2.45, 2.75) is 6.10 Å². The monoisotopic (exact) mass is 263 g/mol. The number of benzene rings is 1. The van der Waals surface area contributed by atoms with Gasteiger partial charge in [-0.1, -0.05) is 30.3 Å². The quantitative estimate of drug-likeness (QED) is 0.769. The van der Waals surface area contributed by atoms with Crippen LogP contribution in [0.5, 0.6) is 0 Å². The third kappa shape index (κ3) is 4.64. The van der Waals surface area contributed by atoms with Crippen LogP contribution in [-0.4, -0.2) is 22.1 Å². The number of carboxylic acids is 1. The summed E-state index contributed by atoms with van der Waals surface area (Å²) in [6, 6.07) is 11.4. The largest absolute Gasteiger partial charge is 0.479 e. The second-order valence-corrected chi connectivity index (χ2v) is 3.49. The van der Waals surface area contributed by atoms with Crippen LogP contribution in [-0.2, 0) is 4.79 Å². The smallest absolute Gasteiger partial charge is 0.337 e. The van der Waals surface area contributed by atoms with Crippen LogP contribution in [0, 0.1) is 0 Å². The van der Waals surface area contributed by atoms with Gasteiger partial charge in [-0.3, -0.25) is 4.79 Å². The van der Waals surface area contributed by atoms with E-state index in [1.165, 1.54) is 12.3 Å². The van der Waals surface area contributed by atoms with Crippen LogP contribution in [0.4, 0.5) is 0 Å². The Balaban J connectivity index is 0.000000200. The van der Waals surface area contributed by atoms with Gasteiger partial charge < -0.3 is 20.4 Å². The minimum absolute atomic E-state index is 0.199. The molecule has 1 aromatic heterocycles. The SMILES string of the molecule is NC(=O)c1ccco1.O=C(O)C(O)c1ccccc1. The summed E-state index contributed by atoms with van der Waals surface area (Å²) in [4.78, 5) is 20.4. The highest BCUT2D eigenvalue weighted by Gasteiger charge is 2.14. The molecule has 4 N–H and O–H groups in total. The van der Waals surface area contributed by atoms with Gasteiger partial charge in [0.1, 0.15) is 0 Å². The second kappa shape index (κ2) is 6.97. The summed E-state index contributed by atoms with van der Waals surface area (Å²) >= 11 is 0. The molecule has 0 bridgehead atoms. The summed E-state index contributed by atoms with van der Waals surface area (Å²) in [6.07, 6.45) is -0.00343. The first-order valence-corrected chi connectivity index (χ1v) is 5.31. The van der Waals surface area contributed by atoms with Gasteiger partial charge in [0.25, 0.3) is 5.91 Å². The van der Waals surface area contributed by atoms with Crippen molar-refractivity contribution in [2.75, 3.05) is 0 Å². The topological polar surface area (TPSA) is 114 Å². The number of aliphatic hydroxyl groups is 1. The van der Waals surface area contributed by atoms with E-state index in [4.69, 9.17) is 15.9 Å². The van der Waals surface area contributed by atoms with Crippen molar-refractivity contribution < 1.29 is 24.2 Å². The van der Waals surface area contributed by atoms with Gasteiger partial charge in [-0.05, 0) is 17.7 Å². The Kier molecular flexibility index (Phi) is 5.31. The number of rotatable bonds is 3. The molecule has 6 heteroatoms. The molecule has 6 nitrogen and oxygen atoms in total. The number of furan rings is 1. The maximum absolute atomic E-state index is 10.2. The van der Waals surface area contributed by atoms with Crippen molar-refractivity contribution in [3.8, 4) is 0 Å². The lowest BCUT2D eigenvalue weighted by Crippen LogP contribution is -2.09. The minimum Gasteiger partial charge on any atom is -0.479 e. The lowest BCUT2D eigenvalue weighted by Gasteiger charge is -2.03. The van der Waals surface area contributed by atoms with Crippen molar-refractivity contribution in [2.24, 2.45) is 5.73 Å². The van der Waals surface area contributed by atoms with E-state index in [-0.39, 0.29) is 5.76 Å². The molecule has 1 amide bonds. The van der Waals surface area contributed by atoms with Crippen LogP contribution < -0.4 is 5.73 Å². The number of amides is 1. The number of primary amides is 1. The number of carboxylic acid groups (broad SMARTS) is 1. The predicted molar refractivity (Wildman–Crippen MR) is 66.3 cm³/mol. The fraction of sp³-hybridized carbons (Fsp3) is 0.0769. The zero-order chi connectivity index (χ0) is 14.3. The minimum atomic E-state index is -1.41. The highest BCUT2D eigenvalue weighted by Crippen LogP contribution is 2.10. The summed E-state index contributed by atoms with van der Waals surface area (Å²) in [6.45, 7) is 0. The molecule has 0 saturated heterocycles. The van der Waals surface area contributed by atoms with Crippen LogP contribution in [0.15, 0.2) is 53.1 Å². The van der Waals surface area contributed by atoms with Gasteiger partial charge in [-0.15, -0.1) is 0 Å². The predicted octanol–water partition coefficient (Wildman–Crippen LogP) is 1.18. The molecule has 1 unspecified atom stereocenters. The third-order valence-corrected chi connectivity index (χ3v) is 2.11. The molecule has 0 aliphatic heterocycles. The molecule has 0 fully saturated rings. The first-order valence-electron chi connectivity index (χ1n) is 5.31. The lowest BCUT2D eigenvalue weighted by molar-refractivity contribution is -0.146. The summed E-state index contributed by atoms with van der Waals surface area (Å²) in [5.41, 5.74) is 5.23. The number of hydrogen-bond donors (Lipinski definition) is 3. The number of nitrogens with two attached hydrogens (primary N) is 1. The van der Waals surface area contributed by atoms with Crippen molar-refractivity contribution in [3.63, 3.8) is 0 Å². The molecule has 0 radical (unpaired) electrons. The maximum atomic E-state index is 10.2. The average molecular weight is 263 g/mol. The maximum Gasteiger partial charge on any atom is 0.337 e. The third-order valence-electron chi connectivity index (χ3n) is 2.11. The molecule has 0 aliphatic rings. The Hall–Kier alpha value is -2.60. The van der Waals surface area contributed by atoms with Gasteiger partial charge in [0.2, 0.25) is 0 Å². The Morgan fingerprint density at radius 3 is 2.11 bits per heavy atom. The van der Waals surface area contributed by atoms with E-state index >= 15 is 0 Å². The zero-order valence-electron chi connectivity index (χ0n) is 9.89. The Bertz CT molecular complexity index is 521. The van der Waals surface area contributed by atoms with Crippen LogP contribution in [0.2, 0.25) is 0 Å². The summed E-state index contributed by atoms with van der Waals surface area (Å²) in [5, 5.41) is 17.4. The standard InChI is InChI=1S/C8H8O3.C5H5NO2/c9-7(8(10)11)6-4-2-1-3-5-6;6-5(7)4-2-1-3-8-4/h1-5,7,9H,(H,10,11);1-3H,(H2,6,7). The molecular weight excluding hydrogens is 250 g/mol. The van der Waals surface area contributed by atoms with E-state index < -0.39 is 18.0 Å². The molecule has 0 spiro atoms. The molecule has 1 aromatic carbocycles. The van der Waals surface area contributed by atoms with E-state index in [1.54, 1.807) is 36.4 Å². The van der Waals surface area contributed by atoms with Crippen LogP contribution in [0.1, 0.15) is 22.2 Å². The number of aliphatic carboxylic acids is 1. The van der Waals surface area contributed by atoms with Crippen LogP contribution >= 0.6 is 0 Å². The molecule has 100 valence electrons. The van der Waals surface area contributed by atoms with Gasteiger partial charge in [-0.25, -0.2) is 4.79 Å².